The van der Waals surface area contributed by atoms with Crippen molar-refractivity contribution in [3.05, 3.63) is 0 Å². The molecule has 10 atom stereocenters. The molecule has 0 aliphatic carbocycles. The van der Waals surface area contributed by atoms with Crippen molar-refractivity contribution in [1.82, 2.24) is 0 Å². The Morgan fingerprint density at radius 3 is 2.22 bits per heavy atom. The van der Waals surface area contributed by atoms with Crippen LogP contribution in [0.15, 0.2) is 0 Å². The maximum atomic E-state index is 6.35. The predicted octanol–water partition coefficient (Wildman–Crippen LogP) is 0.455. The maximum absolute atomic E-state index is 6.35. The van der Waals surface area contributed by atoms with Crippen LogP contribution in [0.1, 0.15) is 46.5 Å². The molecule has 0 radical (unpaired) electrons. The summed E-state index contributed by atoms with van der Waals surface area (Å²) in [4.78, 5) is 0. The highest BCUT2D eigenvalue weighted by atomic mass is 16.7. The SMILES string of the molecule is CC1CCC(N)[C@H](O[C@H]2CC(N)[C@H](O[C@H]3CC(N)COC3C)OC2C)OC1. The molecule has 158 valence electrons. The molecule has 27 heavy (non-hydrogen) atoms. The van der Waals surface area contributed by atoms with Crippen molar-refractivity contribution in [2.45, 2.75) is 102 Å². The van der Waals surface area contributed by atoms with Gasteiger partial charge in [-0.05, 0) is 45.4 Å². The minimum absolute atomic E-state index is 0.0178. The average molecular weight is 388 g/mol. The highest BCUT2D eigenvalue weighted by molar-refractivity contribution is 4.87. The monoisotopic (exact) mass is 387 g/mol. The molecule has 3 rings (SSSR count). The fourth-order valence-electron chi connectivity index (χ4n) is 3.94. The summed E-state index contributed by atoms with van der Waals surface area (Å²) in [5.74, 6) is 0.496. The van der Waals surface area contributed by atoms with E-state index in [4.69, 9.17) is 40.9 Å². The van der Waals surface area contributed by atoms with Crippen LogP contribution in [-0.4, -0.2) is 68.3 Å². The maximum Gasteiger partial charge on any atom is 0.173 e. The van der Waals surface area contributed by atoms with Crippen molar-refractivity contribution in [1.29, 1.82) is 0 Å². The molecule has 3 fully saturated rings. The van der Waals surface area contributed by atoms with E-state index in [0.717, 1.165) is 19.3 Å². The van der Waals surface area contributed by atoms with Gasteiger partial charge in [-0.25, -0.2) is 0 Å². The molecule has 0 saturated carbocycles. The van der Waals surface area contributed by atoms with Gasteiger partial charge in [-0.1, -0.05) is 6.92 Å². The van der Waals surface area contributed by atoms with Gasteiger partial charge in [0.25, 0.3) is 0 Å². The van der Waals surface area contributed by atoms with Crippen molar-refractivity contribution in [3.63, 3.8) is 0 Å². The Morgan fingerprint density at radius 2 is 1.44 bits per heavy atom. The molecule has 0 amide bonds. The van der Waals surface area contributed by atoms with Gasteiger partial charge >= 0.3 is 0 Å². The molecule has 8 nitrogen and oxygen atoms in total. The van der Waals surface area contributed by atoms with E-state index in [-0.39, 0.29) is 42.5 Å². The Morgan fingerprint density at radius 1 is 0.741 bits per heavy atom. The second kappa shape index (κ2) is 9.45. The van der Waals surface area contributed by atoms with Gasteiger partial charge in [0, 0.05) is 6.04 Å². The van der Waals surface area contributed by atoms with Crippen molar-refractivity contribution < 1.29 is 23.7 Å². The highest BCUT2D eigenvalue weighted by Crippen LogP contribution is 2.28. The van der Waals surface area contributed by atoms with Crippen LogP contribution in [-0.2, 0) is 23.7 Å². The van der Waals surface area contributed by atoms with Crippen molar-refractivity contribution in [2.75, 3.05) is 13.2 Å². The number of hydrogen-bond acceptors (Lipinski definition) is 8. The van der Waals surface area contributed by atoms with Crippen molar-refractivity contribution in [3.8, 4) is 0 Å². The van der Waals surface area contributed by atoms with E-state index in [1.54, 1.807) is 0 Å². The molecule has 6 unspecified atom stereocenters. The van der Waals surface area contributed by atoms with Gasteiger partial charge in [-0.3, -0.25) is 0 Å². The van der Waals surface area contributed by atoms with Crippen LogP contribution < -0.4 is 17.2 Å². The molecule has 6 N–H and O–H groups in total. The van der Waals surface area contributed by atoms with E-state index >= 15 is 0 Å². The zero-order valence-electron chi connectivity index (χ0n) is 16.8. The topological polar surface area (TPSA) is 124 Å². The molecule has 0 bridgehead atoms. The molecule has 3 aliphatic heterocycles. The van der Waals surface area contributed by atoms with Crippen molar-refractivity contribution in [2.24, 2.45) is 23.1 Å². The average Bonchev–Trinajstić information content (AvgIpc) is 2.78. The fourth-order valence-corrected chi connectivity index (χ4v) is 3.94. The lowest BCUT2D eigenvalue weighted by Gasteiger charge is -2.43. The van der Waals surface area contributed by atoms with Gasteiger partial charge in [0.15, 0.2) is 12.6 Å². The zero-order chi connectivity index (χ0) is 19.6. The van der Waals surface area contributed by atoms with Crippen LogP contribution in [0.5, 0.6) is 0 Å². The van der Waals surface area contributed by atoms with Crippen LogP contribution in [0.3, 0.4) is 0 Å². The van der Waals surface area contributed by atoms with E-state index in [2.05, 4.69) is 6.92 Å². The summed E-state index contributed by atoms with van der Waals surface area (Å²) in [6, 6.07) is -0.442. The van der Waals surface area contributed by atoms with Gasteiger partial charge in [0.2, 0.25) is 0 Å². The molecule has 3 aliphatic rings. The Hall–Kier alpha value is -0.320. The van der Waals surface area contributed by atoms with E-state index in [0.29, 0.717) is 25.6 Å². The van der Waals surface area contributed by atoms with Crippen LogP contribution in [0.4, 0.5) is 0 Å². The van der Waals surface area contributed by atoms with Crippen molar-refractivity contribution >= 4 is 0 Å². The summed E-state index contributed by atoms with van der Waals surface area (Å²) in [6.45, 7) is 7.36. The van der Waals surface area contributed by atoms with E-state index in [9.17, 15) is 0 Å². The zero-order valence-corrected chi connectivity index (χ0v) is 16.8. The highest BCUT2D eigenvalue weighted by Gasteiger charge is 2.40. The lowest BCUT2D eigenvalue weighted by atomic mass is 10.00. The molecule has 3 heterocycles. The Balaban J connectivity index is 1.53. The minimum Gasteiger partial charge on any atom is -0.374 e. The quantitative estimate of drug-likeness (QED) is 0.635. The van der Waals surface area contributed by atoms with E-state index in [1.165, 1.54) is 0 Å². The summed E-state index contributed by atoms with van der Waals surface area (Å²) >= 11 is 0. The summed E-state index contributed by atoms with van der Waals surface area (Å²) in [6.07, 6.45) is 1.92. The molecular formula is C19H37N3O5. The predicted molar refractivity (Wildman–Crippen MR) is 101 cm³/mol. The molecular weight excluding hydrogens is 350 g/mol. The van der Waals surface area contributed by atoms with E-state index in [1.807, 2.05) is 13.8 Å². The van der Waals surface area contributed by atoms with Crippen LogP contribution >= 0.6 is 0 Å². The largest absolute Gasteiger partial charge is 0.374 e. The van der Waals surface area contributed by atoms with Crippen LogP contribution in [0.25, 0.3) is 0 Å². The third kappa shape index (κ3) is 5.61. The number of hydrogen-bond donors (Lipinski definition) is 3. The Bertz CT molecular complexity index is 471. The lowest BCUT2D eigenvalue weighted by molar-refractivity contribution is -0.286. The Kier molecular flexibility index (Phi) is 7.49. The van der Waals surface area contributed by atoms with Gasteiger partial charge in [0.1, 0.15) is 0 Å². The molecule has 0 spiro atoms. The third-order valence-corrected chi connectivity index (χ3v) is 5.86. The minimum atomic E-state index is -0.495. The first-order chi connectivity index (χ1) is 12.8. The first-order valence-electron chi connectivity index (χ1n) is 10.3. The summed E-state index contributed by atoms with van der Waals surface area (Å²) in [5.41, 5.74) is 18.6. The molecule has 0 aromatic heterocycles. The first kappa shape index (κ1) is 21.4. The number of rotatable bonds is 4. The summed E-state index contributed by atoms with van der Waals surface area (Å²) in [5, 5.41) is 0. The Labute approximate surface area is 162 Å². The molecule has 8 heteroatoms. The first-order valence-corrected chi connectivity index (χ1v) is 10.3. The van der Waals surface area contributed by atoms with Gasteiger partial charge in [-0.2, -0.15) is 0 Å². The van der Waals surface area contributed by atoms with Crippen LogP contribution in [0.2, 0.25) is 0 Å². The second-order valence-electron chi connectivity index (χ2n) is 8.54. The van der Waals surface area contributed by atoms with Gasteiger partial charge in [-0.15, -0.1) is 0 Å². The summed E-state index contributed by atoms with van der Waals surface area (Å²) in [7, 11) is 0. The third-order valence-electron chi connectivity index (χ3n) is 5.86. The lowest BCUT2D eigenvalue weighted by Crippen LogP contribution is -2.56. The van der Waals surface area contributed by atoms with E-state index < -0.39 is 12.6 Å². The smallest absolute Gasteiger partial charge is 0.173 e. The standard InChI is InChI=1S/C19H37N3O5/c1-10-4-5-14(21)18(24-8-10)26-17-7-15(22)19(25-12(17)3)27-16-6-13(20)9-23-11(16)2/h10-19H,4-9,20-22H2,1-3H3/t10?,11?,12?,13?,14?,15?,16-,17-,18-,19-/m0/s1. The van der Waals surface area contributed by atoms with Gasteiger partial charge in [0.05, 0.1) is 49.7 Å². The molecule has 0 aromatic carbocycles. The van der Waals surface area contributed by atoms with Gasteiger partial charge < -0.3 is 40.9 Å². The second-order valence-corrected chi connectivity index (χ2v) is 8.54. The summed E-state index contributed by atoms with van der Waals surface area (Å²) < 4.78 is 29.9. The molecule has 3 saturated heterocycles. The fraction of sp³-hybridized carbons (Fsp3) is 1.00. The molecule has 0 aromatic rings. The number of nitrogens with two attached hydrogens (primary N) is 3. The normalized spacial score (nSPS) is 49.6. The number of ether oxygens (including phenoxy) is 5. The van der Waals surface area contributed by atoms with Crippen LogP contribution in [0, 0.1) is 5.92 Å².